The van der Waals surface area contributed by atoms with E-state index in [-0.39, 0.29) is 29.0 Å². The standard InChI is InChI=1S/C17H13FN2O/c18-15-8-11(10-19)6-7-16(15)20-17(21)14-9-13(14)12-4-2-1-3-5-12/h1-8,13-14H,9H2,(H,20,21). The largest absolute Gasteiger partial charge is 0.323 e. The Hall–Kier alpha value is -2.67. The number of nitrogens with zero attached hydrogens (tertiary/aromatic N) is 1. The van der Waals surface area contributed by atoms with E-state index in [2.05, 4.69) is 5.32 Å². The zero-order valence-corrected chi connectivity index (χ0v) is 11.2. The molecule has 1 saturated carbocycles. The smallest absolute Gasteiger partial charge is 0.228 e. The second kappa shape index (κ2) is 5.37. The van der Waals surface area contributed by atoms with Gasteiger partial charge in [-0.1, -0.05) is 30.3 Å². The molecule has 2 aromatic carbocycles. The molecule has 3 nitrogen and oxygen atoms in total. The molecule has 0 heterocycles. The molecule has 1 amide bonds. The monoisotopic (exact) mass is 280 g/mol. The molecule has 1 aliphatic carbocycles. The van der Waals surface area contributed by atoms with Crippen molar-refractivity contribution in [2.24, 2.45) is 5.92 Å². The van der Waals surface area contributed by atoms with Gasteiger partial charge in [0.05, 0.1) is 17.3 Å². The summed E-state index contributed by atoms with van der Waals surface area (Å²) in [6.45, 7) is 0. The number of anilines is 1. The number of amides is 1. The van der Waals surface area contributed by atoms with Crippen LogP contribution in [0.25, 0.3) is 0 Å². The number of hydrogen-bond donors (Lipinski definition) is 1. The summed E-state index contributed by atoms with van der Waals surface area (Å²) in [7, 11) is 0. The molecule has 21 heavy (non-hydrogen) atoms. The zero-order valence-electron chi connectivity index (χ0n) is 11.2. The summed E-state index contributed by atoms with van der Waals surface area (Å²) in [5.41, 5.74) is 1.50. The first-order chi connectivity index (χ1) is 10.2. The van der Waals surface area contributed by atoms with Crippen molar-refractivity contribution < 1.29 is 9.18 Å². The van der Waals surface area contributed by atoms with Crippen molar-refractivity contribution in [2.75, 3.05) is 5.32 Å². The molecule has 4 heteroatoms. The first-order valence-corrected chi connectivity index (χ1v) is 6.74. The minimum atomic E-state index is -0.584. The quantitative estimate of drug-likeness (QED) is 0.936. The summed E-state index contributed by atoms with van der Waals surface area (Å²) in [5.74, 6) is -0.651. The maximum absolute atomic E-state index is 13.7. The van der Waals surface area contributed by atoms with E-state index in [0.29, 0.717) is 0 Å². The van der Waals surface area contributed by atoms with Crippen LogP contribution in [0, 0.1) is 23.1 Å². The molecular formula is C17H13FN2O. The lowest BCUT2D eigenvalue weighted by molar-refractivity contribution is -0.117. The van der Waals surface area contributed by atoms with Crippen molar-refractivity contribution in [1.82, 2.24) is 0 Å². The molecule has 0 spiro atoms. The van der Waals surface area contributed by atoms with Crippen molar-refractivity contribution in [1.29, 1.82) is 5.26 Å². The minimum absolute atomic E-state index is 0.109. The van der Waals surface area contributed by atoms with Gasteiger partial charge in [0.1, 0.15) is 5.82 Å². The van der Waals surface area contributed by atoms with Crippen molar-refractivity contribution in [2.45, 2.75) is 12.3 Å². The lowest BCUT2D eigenvalue weighted by atomic mass is 10.1. The van der Waals surface area contributed by atoms with E-state index in [1.807, 2.05) is 36.4 Å². The number of rotatable bonds is 3. The average molecular weight is 280 g/mol. The number of hydrogen-bond acceptors (Lipinski definition) is 2. The zero-order chi connectivity index (χ0) is 14.8. The van der Waals surface area contributed by atoms with Crippen LogP contribution in [0.15, 0.2) is 48.5 Å². The van der Waals surface area contributed by atoms with Crippen LogP contribution in [0.2, 0.25) is 0 Å². The van der Waals surface area contributed by atoms with Gasteiger partial charge in [-0.15, -0.1) is 0 Å². The van der Waals surface area contributed by atoms with Gasteiger partial charge in [0, 0.05) is 5.92 Å². The van der Waals surface area contributed by atoms with E-state index < -0.39 is 5.82 Å². The summed E-state index contributed by atoms with van der Waals surface area (Å²) in [4.78, 5) is 12.1. The van der Waals surface area contributed by atoms with Crippen LogP contribution in [0.1, 0.15) is 23.5 Å². The Bertz CT molecular complexity index is 721. The fourth-order valence-corrected chi connectivity index (χ4v) is 2.46. The Morgan fingerprint density at radius 2 is 2.00 bits per heavy atom. The number of halogens is 1. The number of nitriles is 1. The first kappa shape index (κ1) is 13.3. The highest BCUT2D eigenvalue weighted by molar-refractivity contribution is 5.95. The van der Waals surface area contributed by atoms with Crippen LogP contribution < -0.4 is 5.32 Å². The number of carbonyl (C=O) groups is 1. The average Bonchev–Trinajstić information content (AvgIpc) is 3.31. The Labute approximate surface area is 122 Å². The highest BCUT2D eigenvalue weighted by atomic mass is 19.1. The molecular weight excluding hydrogens is 267 g/mol. The topological polar surface area (TPSA) is 52.9 Å². The van der Waals surface area contributed by atoms with E-state index in [0.717, 1.165) is 18.1 Å². The summed E-state index contributed by atoms with van der Waals surface area (Å²) in [6.07, 6.45) is 0.785. The van der Waals surface area contributed by atoms with Crippen LogP contribution >= 0.6 is 0 Å². The second-order valence-corrected chi connectivity index (χ2v) is 5.16. The van der Waals surface area contributed by atoms with Gasteiger partial charge in [0.15, 0.2) is 0 Å². The fraction of sp³-hybridized carbons (Fsp3) is 0.176. The van der Waals surface area contributed by atoms with Crippen LogP contribution in [0.4, 0.5) is 10.1 Å². The second-order valence-electron chi connectivity index (χ2n) is 5.16. The van der Waals surface area contributed by atoms with Gasteiger partial charge >= 0.3 is 0 Å². The molecule has 104 valence electrons. The SMILES string of the molecule is N#Cc1ccc(NC(=O)C2CC2c2ccccc2)c(F)c1. The summed E-state index contributed by atoms with van der Waals surface area (Å²) < 4.78 is 13.7. The van der Waals surface area contributed by atoms with Gasteiger partial charge in [-0.3, -0.25) is 4.79 Å². The fourth-order valence-electron chi connectivity index (χ4n) is 2.46. The molecule has 0 saturated heterocycles. The molecule has 1 fully saturated rings. The van der Waals surface area contributed by atoms with Gasteiger partial charge in [0.25, 0.3) is 0 Å². The van der Waals surface area contributed by atoms with Crippen molar-refractivity contribution >= 4 is 11.6 Å². The Kier molecular flexibility index (Phi) is 3.41. The highest BCUT2D eigenvalue weighted by Gasteiger charge is 2.43. The molecule has 0 aromatic heterocycles. The third kappa shape index (κ3) is 2.77. The normalized spacial score (nSPS) is 19.6. The molecule has 3 rings (SSSR count). The van der Waals surface area contributed by atoms with Crippen LogP contribution in [-0.4, -0.2) is 5.91 Å². The van der Waals surface area contributed by atoms with Gasteiger partial charge in [-0.25, -0.2) is 4.39 Å². The predicted octanol–water partition coefficient (Wildman–Crippen LogP) is 3.44. The van der Waals surface area contributed by atoms with Crippen LogP contribution in [0.5, 0.6) is 0 Å². The third-order valence-electron chi connectivity index (χ3n) is 3.71. The van der Waals surface area contributed by atoms with E-state index in [1.165, 1.54) is 12.1 Å². The number of benzene rings is 2. The van der Waals surface area contributed by atoms with E-state index in [9.17, 15) is 9.18 Å². The summed E-state index contributed by atoms with van der Waals surface area (Å²) in [6, 6.07) is 15.7. The highest BCUT2D eigenvalue weighted by Crippen LogP contribution is 2.47. The lowest BCUT2D eigenvalue weighted by Gasteiger charge is -2.06. The molecule has 1 aliphatic rings. The molecule has 2 atom stereocenters. The van der Waals surface area contributed by atoms with Gasteiger partial charge in [-0.2, -0.15) is 5.26 Å². The minimum Gasteiger partial charge on any atom is -0.323 e. The van der Waals surface area contributed by atoms with Gasteiger partial charge in [-0.05, 0) is 36.1 Å². The third-order valence-corrected chi connectivity index (χ3v) is 3.71. The number of nitrogens with one attached hydrogen (secondary N) is 1. The molecule has 0 bridgehead atoms. The molecule has 2 unspecified atom stereocenters. The Morgan fingerprint density at radius 3 is 2.67 bits per heavy atom. The molecule has 0 aliphatic heterocycles. The molecule has 0 radical (unpaired) electrons. The molecule has 1 N–H and O–H groups in total. The van der Waals surface area contributed by atoms with Crippen molar-refractivity contribution in [3.63, 3.8) is 0 Å². The maximum atomic E-state index is 13.7. The molecule has 2 aromatic rings. The van der Waals surface area contributed by atoms with Crippen molar-refractivity contribution in [3.05, 3.63) is 65.5 Å². The van der Waals surface area contributed by atoms with Crippen LogP contribution in [-0.2, 0) is 4.79 Å². The summed E-state index contributed by atoms with van der Waals surface area (Å²) >= 11 is 0. The predicted molar refractivity (Wildman–Crippen MR) is 77.0 cm³/mol. The Morgan fingerprint density at radius 1 is 1.24 bits per heavy atom. The first-order valence-electron chi connectivity index (χ1n) is 6.74. The number of carbonyl (C=O) groups excluding carboxylic acids is 1. The summed E-state index contributed by atoms with van der Waals surface area (Å²) in [5, 5.41) is 11.3. The van der Waals surface area contributed by atoms with Crippen LogP contribution in [0.3, 0.4) is 0 Å². The maximum Gasteiger partial charge on any atom is 0.228 e. The Balaban J connectivity index is 1.67. The van der Waals surface area contributed by atoms with Gasteiger partial charge in [0.2, 0.25) is 5.91 Å². The van der Waals surface area contributed by atoms with E-state index >= 15 is 0 Å². The lowest BCUT2D eigenvalue weighted by Crippen LogP contribution is -2.15. The van der Waals surface area contributed by atoms with E-state index in [4.69, 9.17) is 5.26 Å². The van der Waals surface area contributed by atoms with Crippen molar-refractivity contribution in [3.8, 4) is 6.07 Å². The van der Waals surface area contributed by atoms with E-state index in [1.54, 1.807) is 0 Å². The van der Waals surface area contributed by atoms with Gasteiger partial charge < -0.3 is 5.32 Å².